The highest BCUT2D eigenvalue weighted by atomic mass is 28.2. The van der Waals surface area contributed by atoms with E-state index in [2.05, 4.69) is 163 Å². The summed E-state index contributed by atoms with van der Waals surface area (Å²) in [4.78, 5) is 2.58. The second kappa shape index (κ2) is 12.0. The van der Waals surface area contributed by atoms with Gasteiger partial charge in [0.25, 0.3) is 0 Å². The van der Waals surface area contributed by atoms with E-state index in [1.54, 1.807) is 0 Å². The maximum Gasteiger partial charge on any atom is 0.0976 e. The summed E-state index contributed by atoms with van der Waals surface area (Å²) in [7, 11) is -0.765. The number of hydrogen-bond acceptors (Lipinski definition) is 2. The molecule has 1 saturated heterocycles. The van der Waals surface area contributed by atoms with E-state index in [4.69, 9.17) is 0 Å². The molecule has 0 spiro atoms. The molecule has 206 valence electrons. The van der Waals surface area contributed by atoms with E-state index >= 15 is 0 Å². The third kappa shape index (κ3) is 5.10. The Labute approximate surface area is 247 Å². The highest BCUT2D eigenvalue weighted by Crippen LogP contribution is 2.47. The number of likely N-dealkylation sites (tertiary alicyclic amines) is 1. The van der Waals surface area contributed by atoms with Gasteiger partial charge in [-0.3, -0.25) is 4.90 Å². The minimum Gasteiger partial charge on any atom is -0.392 e. The predicted octanol–water partition coefficient (Wildman–Crippen LogP) is 6.96. The van der Waals surface area contributed by atoms with Crippen molar-refractivity contribution in [3.63, 3.8) is 0 Å². The summed E-state index contributed by atoms with van der Waals surface area (Å²) in [5.41, 5.74) is 5.95. The van der Waals surface area contributed by atoms with E-state index in [0.29, 0.717) is 0 Å². The number of nitrogens with zero attached hydrogens (tertiary/aromatic N) is 1. The van der Waals surface area contributed by atoms with Crippen LogP contribution in [0.1, 0.15) is 41.2 Å². The van der Waals surface area contributed by atoms with Crippen LogP contribution in [0.15, 0.2) is 152 Å². The summed E-state index contributed by atoms with van der Waals surface area (Å²) in [5.74, 6) is 0. The monoisotopic (exact) mass is 553 g/mol. The third-order valence-electron chi connectivity index (χ3n) is 9.28. The van der Waals surface area contributed by atoms with Crippen molar-refractivity contribution in [1.29, 1.82) is 0 Å². The molecule has 0 bridgehead atoms. The molecule has 1 aliphatic heterocycles. The lowest BCUT2D eigenvalue weighted by Crippen LogP contribution is -2.64. The molecule has 6 rings (SSSR count). The van der Waals surface area contributed by atoms with E-state index in [0.717, 1.165) is 19.0 Å². The van der Waals surface area contributed by atoms with Crippen molar-refractivity contribution < 1.29 is 5.11 Å². The Balaban J connectivity index is 1.37. The predicted molar refractivity (Wildman–Crippen MR) is 173 cm³/mol. The molecule has 5 aromatic rings. The zero-order valence-corrected chi connectivity index (χ0v) is 25.2. The lowest BCUT2D eigenvalue weighted by atomic mass is 9.72. The lowest BCUT2D eigenvalue weighted by Gasteiger charge is -2.56. The van der Waals surface area contributed by atoms with Crippen molar-refractivity contribution >= 4 is 9.52 Å². The molecule has 1 fully saturated rings. The molecule has 2 atom stereocenters. The molecular formula is C38H39NOSi. The van der Waals surface area contributed by atoms with Crippen LogP contribution in [0.4, 0.5) is 0 Å². The molecule has 0 radical (unpaired) electrons. The first-order valence-electron chi connectivity index (χ1n) is 14.9. The zero-order valence-electron chi connectivity index (χ0n) is 23.8. The largest absolute Gasteiger partial charge is 0.392 e. The van der Waals surface area contributed by atoms with Gasteiger partial charge in [-0.15, -0.1) is 0 Å². The SMILES string of the molecule is CC([SiH2]C[C@@H](O)C1CCN1C(c1ccccc1)(c1ccccc1)c1ccccc1)(c1ccccc1)c1ccccc1. The van der Waals surface area contributed by atoms with E-state index in [-0.39, 0.29) is 11.1 Å². The fraction of sp³-hybridized carbons (Fsp3) is 0.211. The fourth-order valence-corrected chi connectivity index (χ4v) is 9.26. The molecule has 0 aliphatic carbocycles. The first kappa shape index (κ1) is 27.4. The van der Waals surface area contributed by atoms with E-state index in [1.807, 2.05) is 0 Å². The quantitative estimate of drug-likeness (QED) is 0.149. The highest BCUT2D eigenvalue weighted by molar-refractivity contribution is 6.41. The molecule has 0 saturated carbocycles. The second-order valence-corrected chi connectivity index (χ2v) is 14.0. The average molecular weight is 554 g/mol. The third-order valence-corrected chi connectivity index (χ3v) is 12.0. The summed E-state index contributed by atoms with van der Waals surface area (Å²) >= 11 is 0. The highest BCUT2D eigenvalue weighted by Gasteiger charge is 2.50. The van der Waals surface area contributed by atoms with Crippen LogP contribution in [0.3, 0.4) is 0 Å². The van der Waals surface area contributed by atoms with Gasteiger partial charge in [0.05, 0.1) is 11.6 Å². The van der Waals surface area contributed by atoms with Crippen molar-refractivity contribution in [3.05, 3.63) is 179 Å². The van der Waals surface area contributed by atoms with Gasteiger partial charge in [-0.25, -0.2) is 0 Å². The standard InChI is InChI=1S/C38H39NOSi/c1-37(30-17-7-2-8-18-30,31-19-9-3-10-20-31)41-29-36(40)35-27-28-39(35)38(32-21-11-4-12-22-32,33-23-13-5-14-24-33)34-25-15-6-16-26-34/h2-26,35-36,40H,27-29,41H2,1H3/t35?,36-/m1/s1. The van der Waals surface area contributed by atoms with Crippen molar-refractivity contribution in [1.82, 2.24) is 4.90 Å². The Hall–Kier alpha value is -3.76. The van der Waals surface area contributed by atoms with Gasteiger partial charge in [-0.1, -0.05) is 159 Å². The first-order valence-corrected chi connectivity index (χ1v) is 16.6. The molecule has 41 heavy (non-hydrogen) atoms. The van der Waals surface area contributed by atoms with Gasteiger partial charge in [0.1, 0.15) is 0 Å². The molecule has 0 amide bonds. The molecule has 1 unspecified atom stereocenters. The summed E-state index contributed by atoms with van der Waals surface area (Å²) < 4.78 is 0. The van der Waals surface area contributed by atoms with Gasteiger partial charge < -0.3 is 5.11 Å². The van der Waals surface area contributed by atoms with E-state index in [1.165, 1.54) is 27.8 Å². The minimum atomic E-state index is -0.765. The number of rotatable bonds is 10. The lowest BCUT2D eigenvalue weighted by molar-refractivity contribution is -0.0521. The van der Waals surface area contributed by atoms with Gasteiger partial charge in [0.2, 0.25) is 0 Å². The maximum absolute atomic E-state index is 12.0. The Kier molecular flexibility index (Phi) is 8.02. The fourth-order valence-electron chi connectivity index (χ4n) is 6.96. The normalized spacial score (nSPS) is 16.9. The maximum atomic E-state index is 12.0. The molecule has 1 N–H and O–H groups in total. The summed E-state index contributed by atoms with van der Waals surface area (Å²) in [6.45, 7) is 3.33. The second-order valence-electron chi connectivity index (χ2n) is 11.5. The molecule has 5 aromatic carbocycles. The number of aliphatic hydroxyl groups is 1. The van der Waals surface area contributed by atoms with Gasteiger partial charge >= 0.3 is 0 Å². The van der Waals surface area contributed by atoms with Crippen LogP contribution in [0, 0.1) is 0 Å². The summed E-state index contributed by atoms with van der Waals surface area (Å²) in [6.07, 6.45) is 0.606. The Morgan fingerprint density at radius 1 is 0.610 bits per heavy atom. The van der Waals surface area contributed by atoms with E-state index < -0.39 is 21.2 Å². The van der Waals surface area contributed by atoms with Crippen LogP contribution in [-0.2, 0) is 10.6 Å². The molecule has 1 aliphatic rings. The summed E-state index contributed by atoms with van der Waals surface area (Å²) in [5, 5.41) is 11.9. The zero-order chi connectivity index (χ0) is 28.1. The van der Waals surface area contributed by atoms with Crippen LogP contribution < -0.4 is 0 Å². The smallest absolute Gasteiger partial charge is 0.0976 e. The first-order chi connectivity index (χ1) is 20.1. The minimum absolute atomic E-state index is 0.0482. The van der Waals surface area contributed by atoms with Crippen LogP contribution in [0.5, 0.6) is 0 Å². The van der Waals surface area contributed by atoms with Gasteiger partial charge in [-0.2, -0.15) is 0 Å². The summed E-state index contributed by atoms with van der Waals surface area (Å²) in [6, 6.07) is 55.3. The van der Waals surface area contributed by atoms with Crippen molar-refractivity contribution in [2.24, 2.45) is 0 Å². The molecular weight excluding hydrogens is 515 g/mol. The van der Waals surface area contributed by atoms with Gasteiger partial charge in [0, 0.05) is 27.1 Å². The van der Waals surface area contributed by atoms with Crippen LogP contribution in [-0.4, -0.2) is 38.2 Å². The number of hydrogen-bond donors (Lipinski definition) is 1. The average Bonchev–Trinajstić information content (AvgIpc) is 3.04. The Bertz CT molecular complexity index is 1370. The van der Waals surface area contributed by atoms with Crippen molar-refractivity contribution in [2.75, 3.05) is 6.54 Å². The van der Waals surface area contributed by atoms with Crippen molar-refractivity contribution in [3.8, 4) is 0 Å². The molecule has 0 aromatic heterocycles. The topological polar surface area (TPSA) is 23.5 Å². The molecule has 1 heterocycles. The number of aliphatic hydroxyl groups excluding tert-OH is 1. The van der Waals surface area contributed by atoms with Gasteiger partial charge in [0.15, 0.2) is 0 Å². The van der Waals surface area contributed by atoms with Crippen LogP contribution in [0.2, 0.25) is 6.04 Å². The number of benzene rings is 5. The Morgan fingerprint density at radius 3 is 1.27 bits per heavy atom. The molecule has 2 nitrogen and oxygen atoms in total. The van der Waals surface area contributed by atoms with Crippen molar-refractivity contribution in [2.45, 2.75) is 42.1 Å². The molecule has 3 heteroatoms. The van der Waals surface area contributed by atoms with Crippen LogP contribution >= 0.6 is 0 Å². The van der Waals surface area contributed by atoms with E-state index in [9.17, 15) is 5.11 Å². The van der Waals surface area contributed by atoms with Crippen LogP contribution in [0.25, 0.3) is 0 Å². The Morgan fingerprint density at radius 2 is 0.951 bits per heavy atom. The van der Waals surface area contributed by atoms with Gasteiger partial charge in [-0.05, 0) is 40.3 Å².